The molecule has 1 aliphatic heterocycles. The van der Waals surface area contributed by atoms with Crippen molar-refractivity contribution in [3.05, 3.63) is 24.3 Å². The number of carbonyl (C=O) groups is 2. The van der Waals surface area contributed by atoms with Crippen molar-refractivity contribution in [3.8, 4) is 5.75 Å². The van der Waals surface area contributed by atoms with Crippen molar-refractivity contribution in [1.29, 1.82) is 0 Å². The summed E-state index contributed by atoms with van der Waals surface area (Å²) in [5, 5.41) is 3.07. The molecule has 0 atom stereocenters. The maximum Gasteiger partial charge on any atom is 0.232 e. The molecule has 3 rings (SSSR count). The average molecular weight is 373 g/mol. The molecule has 1 aromatic rings. The van der Waals surface area contributed by atoms with Gasteiger partial charge in [0.25, 0.3) is 0 Å². The molecule has 1 heterocycles. The lowest BCUT2D eigenvalue weighted by molar-refractivity contribution is -0.136. The van der Waals surface area contributed by atoms with E-state index in [0.29, 0.717) is 13.1 Å². The summed E-state index contributed by atoms with van der Waals surface area (Å²) in [6, 6.07) is 8.22. The Kier molecular flexibility index (Phi) is 6.96. The fraction of sp³-hybridized carbons (Fsp3) is 0.619. The third kappa shape index (κ3) is 5.62. The molecule has 0 unspecified atom stereocenters. The maximum atomic E-state index is 12.5. The molecule has 2 amide bonds. The van der Waals surface area contributed by atoms with Crippen LogP contribution >= 0.6 is 0 Å². The Morgan fingerprint density at radius 2 is 1.63 bits per heavy atom. The molecule has 6 nitrogen and oxygen atoms in total. The van der Waals surface area contributed by atoms with E-state index >= 15 is 0 Å². The molecule has 0 bridgehead atoms. The Hall–Kier alpha value is -2.24. The van der Waals surface area contributed by atoms with E-state index in [0.717, 1.165) is 37.4 Å². The van der Waals surface area contributed by atoms with Crippen LogP contribution in [0, 0.1) is 0 Å². The number of rotatable bonds is 5. The molecule has 27 heavy (non-hydrogen) atoms. The Balaban J connectivity index is 1.42. The molecular formula is C21H31N3O3. The van der Waals surface area contributed by atoms with Gasteiger partial charge in [-0.05, 0) is 37.1 Å². The number of benzene rings is 1. The van der Waals surface area contributed by atoms with Gasteiger partial charge in [-0.15, -0.1) is 0 Å². The monoisotopic (exact) mass is 373 g/mol. The van der Waals surface area contributed by atoms with Gasteiger partial charge in [-0.3, -0.25) is 9.59 Å². The lowest BCUT2D eigenvalue weighted by Crippen LogP contribution is -2.50. The molecule has 1 aromatic carbocycles. The number of hydrogen-bond donors (Lipinski definition) is 1. The second-order valence-corrected chi connectivity index (χ2v) is 7.50. The van der Waals surface area contributed by atoms with Gasteiger partial charge in [-0.1, -0.05) is 25.7 Å². The molecule has 148 valence electrons. The molecule has 1 N–H and O–H groups in total. The fourth-order valence-electron chi connectivity index (χ4n) is 3.96. The van der Waals surface area contributed by atoms with Crippen LogP contribution in [0.25, 0.3) is 0 Å². The predicted molar refractivity (Wildman–Crippen MR) is 106 cm³/mol. The minimum atomic E-state index is -0.121. The van der Waals surface area contributed by atoms with Gasteiger partial charge in [-0.2, -0.15) is 0 Å². The van der Waals surface area contributed by atoms with Crippen molar-refractivity contribution in [3.63, 3.8) is 0 Å². The van der Waals surface area contributed by atoms with Gasteiger partial charge in [-0.25, -0.2) is 0 Å². The van der Waals surface area contributed by atoms with Crippen molar-refractivity contribution in [2.75, 3.05) is 38.2 Å². The van der Waals surface area contributed by atoms with Crippen LogP contribution in [-0.2, 0) is 9.59 Å². The minimum absolute atomic E-state index is 0.0287. The van der Waals surface area contributed by atoms with Crippen LogP contribution in [0.4, 0.5) is 5.69 Å². The Bertz CT molecular complexity index is 616. The average Bonchev–Trinajstić information content (AvgIpc) is 2.96. The second-order valence-electron chi connectivity index (χ2n) is 7.50. The van der Waals surface area contributed by atoms with Crippen molar-refractivity contribution in [2.24, 2.45) is 0 Å². The van der Waals surface area contributed by atoms with E-state index < -0.39 is 0 Å². The Labute approximate surface area is 161 Å². The van der Waals surface area contributed by atoms with Crippen LogP contribution in [0.1, 0.15) is 44.9 Å². The molecule has 2 aliphatic rings. The number of amides is 2. The topological polar surface area (TPSA) is 61.9 Å². The number of carbonyl (C=O) groups excluding carboxylic acids is 2. The number of piperazine rings is 1. The van der Waals surface area contributed by atoms with E-state index in [-0.39, 0.29) is 24.3 Å². The summed E-state index contributed by atoms with van der Waals surface area (Å²) in [5.74, 6) is 0.659. The first kappa shape index (κ1) is 19.5. The van der Waals surface area contributed by atoms with Crippen LogP contribution in [0.5, 0.6) is 5.75 Å². The first-order valence-corrected chi connectivity index (χ1v) is 10.1. The van der Waals surface area contributed by atoms with Gasteiger partial charge >= 0.3 is 0 Å². The molecule has 1 saturated heterocycles. The Morgan fingerprint density at radius 3 is 2.22 bits per heavy atom. The maximum absolute atomic E-state index is 12.5. The summed E-state index contributed by atoms with van der Waals surface area (Å²) >= 11 is 0. The van der Waals surface area contributed by atoms with Gasteiger partial charge in [0.05, 0.1) is 7.11 Å². The van der Waals surface area contributed by atoms with Crippen LogP contribution in [0.15, 0.2) is 24.3 Å². The number of ether oxygens (including phenoxy) is 1. The smallest absolute Gasteiger partial charge is 0.232 e. The largest absolute Gasteiger partial charge is 0.497 e. The zero-order valence-electron chi connectivity index (χ0n) is 16.3. The summed E-state index contributed by atoms with van der Waals surface area (Å²) < 4.78 is 5.19. The normalized spacial score (nSPS) is 18.7. The van der Waals surface area contributed by atoms with Crippen LogP contribution < -0.4 is 15.0 Å². The van der Waals surface area contributed by atoms with E-state index in [1.54, 1.807) is 7.11 Å². The van der Waals surface area contributed by atoms with Gasteiger partial charge in [0.1, 0.15) is 12.2 Å². The van der Waals surface area contributed by atoms with E-state index in [9.17, 15) is 9.59 Å². The number of nitrogens with zero attached hydrogens (tertiary/aromatic N) is 2. The zero-order chi connectivity index (χ0) is 19.1. The third-order valence-electron chi connectivity index (χ3n) is 5.60. The molecular weight excluding hydrogens is 342 g/mol. The van der Waals surface area contributed by atoms with Gasteiger partial charge < -0.3 is 19.9 Å². The van der Waals surface area contributed by atoms with Crippen LogP contribution in [0.2, 0.25) is 0 Å². The summed E-state index contributed by atoms with van der Waals surface area (Å²) in [7, 11) is 1.66. The third-order valence-corrected chi connectivity index (χ3v) is 5.60. The van der Waals surface area contributed by atoms with Gasteiger partial charge in [0.2, 0.25) is 11.8 Å². The van der Waals surface area contributed by atoms with E-state index in [2.05, 4.69) is 10.2 Å². The lowest BCUT2D eigenvalue weighted by Gasteiger charge is -2.36. The Morgan fingerprint density at radius 1 is 1.00 bits per heavy atom. The van der Waals surface area contributed by atoms with Gasteiger partial charge in [0.15, 0.2) is 0 Å². The molecule has 0 aromatic heterocycles. The van der Waals surface area contributed by atoms with Crippen molar-refractivity contribution in [2.45, 2.75) is 51.0 Å². The first-order chi connectivity index (χ1) is 13.2. The second kappa shape index (κ2) is 9.62. The molecule has 1 saturated carbocycles. The van der Waals surface area contributed by atoms with E-state index in [1.165, 1.54) is 25.7 Å². The quantitative estimate of drug-likeness (QED) is 0.637. The number of hydrogen-bond acceptors (Lipinski definition) is 4. The molecule has 0 radical (unpaired) electrons. The highest BCUT2D eigenvalue weighted by atomic mass is 16.5. The standard InChI is InChI=1S/C21H31N3O3/c1-27-19-10-8-18(9-11-19)23-12-14-24(15-13-23)21(26)16-20(25)22-17-6-4-2-3-5-7-17/h8-11,17H,2-7,12-16H2,1H3,(H,22,25). The van der Waals surface area contributed by atoms with Crippen molar-refractivity contribution in [1.82, 2.24) is 10.2 Å². The summed E-state index contributed by atoms with van der Waals surface area (Å²) in [6.45, 7) is 2.87. The fourth-order valence-corrected chi connectivity index (χ4v) is 3.96. The molecule has 2 fully saturated rings. The van der Waals surface area contributed by atoms with E-state index in [4.69, 9.17) is 4.74 Å². The molecule has 1 aliphatic carbocycles. The molecule has 0 spiro atoms. The summed E-state index contributed by atoms with van der Waals surface area (Å²) in [6.07, 6.45) is 6.91. The number of nitrogens with one attached hydrogen (secondary N) is 1. The minimum Gasteiger partial charge on any atom is -0.497 e. The van der Waals surface area contributed by atoms with Crippen molar-refractivity contribution < 1.29 is 14.3 Å². The number of methoxy groups -OCH3 is 1. The van der Waals surface area contributed by atoms with Gasteiger partial charge in [0, 0.05) is 37.9 Å². The van der Waals surface area contributed by atoms with E-state index in [1.807, 2.05) is 29.2 Å². The lowest BCUT2D eigenvalue weighted by atomic mass is 10.1. The molecule has 6 heteroatoms. The zero-order valence-corrected chi connectivity index (χ0v) is 16.3. The van der Waals surface area contributed by atoms with Crippen molar-refractivity contribution >= 4 is 17.5 Å². The first-order valence-electron chi connectivity index (χ1n) is 10.1. The summed E-state index contributed by atoms with van der Waals surface area (Å²) in [5.41, 5.74) is 1.13. The van der Waals surface area contributed by atoms with Crippen LogP contribution in [0.3, 0.4) is 0 Å². The SMILES string of the molecule is COc1ccc(N2CCN(C(=O)CC(=O)NC3CCCCCC3)CC2)cc1. The highest BCUT2D eigenvalue weighted by Gasteiger charge is 2.24. The summed E-state index contributed by atoms with van der Waals surface area (Å²) in [4.78, 5) is 28.8. The highest BCUT2D eigenvalue weighted by Crippen LogP contribution is 2.21. The highest BCUT2D eigenvalue weighted by molar-refractivity contribution is 5.97. The number of anilines is 1. The predicted octanol–water partition coefficient (Wildman–Crippen LogP) is 2.57. The van der Waals surface area contributed by atoms with Crippen LogP contribution in [-0.4, -0.2) is 56.0 Å².